The van der Waals surface area contributed by atoms with E-state index in [4.69, 9.17) is 23.7 Å². The second kappa shape index (κ2) is 38.2. The first-order chi connectivity index (χ1) is 50.0. The number of carbonyl (C=O) groups excluding carboxylic acids is 5. The minimum atomic E-state index is -0.356. The third-order valence-corrected chi connectivity index (χ3v) is 19.4. The Morgan fingerprint density at radius 1 is 0.305 bits per heavy atom. The molecule has 10 aromatic rings. The minimum Gasteiger partial charge on any atom is -0.445 e. The van der Waals surface area contributed by atoms with Gasteiger partial charge in [0.2, 0.25) is 0 Å². The SMILES string of the molecule is CC.Cc1ccc2c(c1C)N(C(C)OC=O)c1ccccc1C2.Cc1cccc2c1N(C(C)OC=O)c1[c-]cccc1C2.Cc1cccc2c1N(C(C)OC=O)c1c[c-]ccc1C2.Cc1cccc2c1N(C(C)OC=O)c1ccccc1C2.Cc1cccc2c1N(C(C)OC=O)c1ccccc1C2.[Y].[Y]. The number of carbonyl (C=O) groups is 5. The number of fused-ring (bicyclic) bond motifs is 10. The van der Waals surface area contributed by atoms with Gasteiger partial charge in [-0.2, -0.15) is 48.5 Å². The van der Waals surface area contributed by atoms with Crippen molar-refractivity contribution in [2.45, 2.75) is 153 Å². The Labute approximate surface area is 669 Å². The van der Waals surface area contributed by atoms with E-state index in [1.54, 1.807) is 0 Å². The zero-order valence-electron chi connectivity index (χ0n) is 62.3. The molecule has 5 aliphatic rings. The van der Waals surface area contributed by atoms with E-state index in [1.807, 2.05) is 109 Å². The molecule has 5 aliphatic heterocycles. The van der Waals surface area contributed by atoms with Gasteiger partial charge in [-0.15, -0.1) is 11.1 Å². The van der Waals surface area contributed by atoms with Gasteiger partial charge in [0.15, 0.2) is 31.1 Å². The molecule has 0 amide bonds. The smallest absolute Gasteiger partial charge is 0.295 e. The van der Waals surface area contributed by atoms with Gasteiger partial charge in [-0.25, -0.2) is 0 Å². The van der Waals surface area contributed by atoms with E-state index in [9.17, 15) is 24.0 Å². The molecule has 5 unspecified atom stereocenters. The Bertz CT molecular complexity index is 4200. The number of benzene rings is 10. The van der Waals surface area contributed by atoms with Crippen LogP contribution in [0.4, 0.5) is 56.9 Å². The van der Waals surface area contributed by atoms with Crippen LogP contribution >= 0.6 is 0 Å². The van der Waals surface area contributed by atoms with Crippen molar-refractivity contribution < 1.29 is 113 Å². The van der Waals surface area contributed by atoms with Crippen LogP contribution in [-0.2, 0) is 145 Å². The fourth-order valence-electron chi connectivity index (χ4n) is 14.7. The van der Waals surface area contributed by atoms with Gasteiger partial charge in [-0.1, -0.05) is 165 Å². The maximum absolute atomic E-state index is 10.8. The number of aryl methyl sites for hydroxylation is 5. The zero-order chi connectivity index (χ0) is 73.4. The van der Waals surface area contributed by atoms with E-state index in [0.717, 1.165) is 83.3 Å². The van der Waals surface area contributed by atoms with Crippen molar-refractivity contribution in [1.29, 1.82) is 0 Å². The summed E-state index contributed by atoms with van der Waals surface area (Å²) in [6, 6.07) is 72.6. The summed E-state index contributed by atoms with van der Waals surface area (Å²) < 4.78 is 26.0. The number of anilines is 10. The van der Waals surface area contributed by atoms with Crippen molar-refractivity contribution in [2.75, 3.05) is 24.5 Å². The Balaban J connectivity index is 0.000000164. The fourth-order valence-corrected chi connectivity index (χ4v) is 14.7. The van der Waals surface area contributed by atoms with Gasteiger partial charge in [-0.05, 0) is 185 Å². The van der Waals surface area contributed by atoms with Gasteiger partial charge in [0.25, 0.3) is 32.4 Å². The van der Waals surface area contributed by atoms with E-state index in [0.29, 0.717) is 32.4 Å². The predicted octanol–water partition coefficient (Wildman–Crippen LogP) is 18.7. The Kier molecular flexibility index (Phi) is 29.6. The zero-order valence-corrected chi connectivity index (χ0v) is 67.9. The summed E-state index contributed by atoms with van der Waals surface area (Å²) >= 11 is 0. The molecule has 0 N–H and O–H groups in total. The van der Waals surface area contributed by atoms with Gasteiger partial charge in [0.1, 0.15) is 0 Å². The van der Waals surface area contributed by atoms with Gasteiger partial charge < -0.3 is 48.2 Å². The third-order valence-electron chi connectivity index (χ3n) is 19.4. The van der Waals surface area contributed by atoms with Crippen LogP contribution in [0.3, 0.4) is 0 Å². The first-order valence-corrected chi connectivity index (χ1v) is 35.1. The average Bonchev–Trinajstić information content (AvgIpc) is 0.783. The first kappa shape index (κ1) is 81.4. The van der Waals surface area contributed by atoms with Crippen molar-refractivity contribution in [1.82, 2.24) is 0 Å². The molecule has 2 radical (unpaired) electrons. The normalized spacial score (nSPS) is 13.7. The monoisotopic (exact) mass is 1560 g/mol. The van der Waals surface area contributed by atoms with Crippen LogP contribution in [0.5, 0.6) is 0 Å². The molecule has 0 aliphatic carbocycles. The van der Waals surface area contributed by atoms with Gasteiger partial charge in [-0.3, -0.25) is 24.0 Å². The summed E-state index contributed by atoms with van der Waals surface area (Å²) in [5.41, 5.74) is 30.9. The molecule has 0 aromatic heterocycles. The number of nitrogens with zero attached hydrogens (tertiary/aromatic N) is 5. The van der Waals surface area contributed by atoms with Crippen molar-refractivity contribution in [3.63, 3.8) is 0 Å². The molecule has 17 heteroatoms. The largest absolute Gasteiger partial charge is 0.445 e. The van der Waals surface area contributed by atoms with Crippen molar-refractivity contribution in [2.24, 2.45) is 0 Å². The van der Waals surface area contributed by atoms with Crippen LogP contribution in [0.25, 0.3) is 0 Å². The summed E-state index contributed by atoms with van der Waals surface area (Å²) in [4.78, 5) is 64.1. The van der Waals surface area contributed by atoms with Crippen LogP contribution in [-0.4, -0.2) is 63.5 Å². The molecule has 5 heterocycles. The maximum Gasteiger partial charge on any atom is 0.295 e. The van der Waals surface area contributed by atoms with E-state index in [1.165, 1.54) is 94.7 Å². The van der Waals surface area contributed by atoms with E-state index in [2.05, 4.69) is 212 Å². The minimum absolute atomic E-state index is 0. The second-order valence-electron chi connectivity index (χ2n) is 25.7. The molecular weight excluding hydrogens is 1460 g/mol. The Morgan fingerprint density at radius 3 is 0.981 bits per heavy atom. The molecule has 15 rings (SSSR count). The molecule has 105 heavy (non-hydrogen) atoms. The molecule has 5 atom stereocenters. The van der Waals surface area contributed by atoms with Crippen molar-refractivity contribution >= 4 is 89.2 Å². The van der Waals surface area contributed by atoms with Crippen LogP contribution in [0, 0.1) is 53.7 Å². The van der Waals surface area contributed by atoms with Crippen molar-refractivity contribution in [3.8, 4) is 0 Å². The molecule has 536 valence electrons. The van der Waals surface area contributed by atoms with Gasteiger partial charge >= 0.3 is 0 Å². The average molecular weight is 1560 g/mol. The summed E-state index contributed by atoms with van der Waals surface area (Å²) in [6.45, 7) is 28.6. The fraction of sp³-hybridized carbons (Fsp3) is 0.261. The summed E-state index contributed by atoms with van der Waals surface area (Å²) in [6.07, 6.45) is 2.84. The standard InChI is InChI=1S/C18H19NO2.2C17H17NO2.2C17H16NO2.C2H6.2Y/c1-12-8-9-16-10-15-6-4-5-7-17(15)19(14(3)21-11-20)18(16)13(12)2;4*1-12-6-5-8-15-10-14-7-3-4-9-16(14)18(17(12)15)13(2)20-11-19;1-2;;/h4-9,11,14H,10H2,1-3H3;2*3-9,11,13H,10H2,1-2H3;3,5-9,11,13H,10H2,1-2H3;3-8,11,13H,10H2,1-2H3;1-2H3;;/q;;;2*-1;;;. The molecule has 15 nitrogen and oxygen atoms in total. The van der Waals surface area contributed by atoms with E-state index < -0.39 is 0 Å². The topological polar surface area (TPSA) is 148 Å². The molecular formula is C88H91N5O10Y2-2. The molecule has 0 spiro atoms. The molecule has 0 fully saturated rings. The Morgan fingerprint density at radius 2 is 0.600 bits per heavy atom. The summed E-state index contributed by atoms with van der Waals surface area (Å²) in [7, 11) is 0. The molecule has 10 aromatic carbocycles. The van der Waals surface area contributed by atoms with Crippen LogP contribution < -0.4 is 24.5 Å². The quantitative estimate of drug-likeness (QED) is 0.0544. The van der Waals surface area contributed by atoms with Gasteiger partial charge in [0.05, 0.1) is 17.1 Å². The third kappa shape index (κ3) is 17.8. The van der Waals surface area contributed by atoms with E-state index >= 15 is 0 Å². The predicted molar refractivity (Wildman–Crippen MR) is 410 cm³/mol. The summed E-state index contributed by atoms with van der Waals surface area (Å²) in [5, 5.41) is 0. The molecule has 0 saturated heterocycles. The van der Waals surface area contributed by atoms with Crippen LogP contribution in [0.1, 0.15) is 137 Å². The Hall–Kier alpha value is -9.24. The molecule has 0 saturated carbocycles. The number of hydrogen-bond donors (Lipinski definition) is 0. The number of rotatable bonds is 15. The number of para-hydroxylation sites is 8. The molecule has 0 bridgehead atoms. The maximum atomic E-state index is 10.8. The second-order valence-corrected chi connectivity index (χ2v) is 25.7. The van der Waals surface area contributed by atoms with Crippen molar-refractivity contribution in [3.05, 3.63) is 295 Å². The van der Waals surface area contributed by atoms with E-state index in [-0.39, 0.29) is 96.6 Å². The number of hydrogen-bond acceptors (Lipinski definition) is 15. The van der Waals surface area contributed by atoms with Crippen LogP contribution in [0.15, 0.2) is 194 Å². The van der Waals surface area contributed by atoms with Crippen LogP contribution in [0.2, 0.25) is 0 Å². The number of ether oxygens (including phenoxy) is 5. The summed E-state index contributed by atoms with van der Waals surface area (Å²) in [5.74, 6) is 0. The van der Waals surface area contributed by atoms with Gasteiger partial charge in [0, 0.05) is 113 Å². The first-order valence-electron chi connectivity index (χ1n) is 35.1.